The zero-order chi connectivity index (χ0) is 21.9. The molecule has 1 atom stereocenters. The largest absolute Gasteiger partial charge is 0.416 e. The number of nitrogens with zero attached hydrogens (tertiary/aromatic N) is 3. The standard InChI is InChI=1S/C22H30F3N5/c1-5-26-19-12-16(22(23,24)25)8-9-18(19)20-11-15(4)21(29-28-20)27-17-7-6-10-30(13-17)14(2)3/h8-9,11-12,14,17,26H,5-7,10,13H2,1-4H3,(H,27,29)/t17-/m1/s1. The van der Waals surface area contributed by atoms with Crippen molar-refractivity contribution in [3.8, 4) is 11.3 Å². The van der Waals surface area contributed by atoms with E-state index in [0.717, 1.165) is 49.4 Å². The first-order valence-electron chi connectivity index (χ1n) is 10.5. The highest BCUT2D eigenvalue weighted by Gasteiger charge is 2.31. The second-order valence-corrected chi connectivity index (χ2v) is 8.12. The fraction of sp³-hybridized carbons (Fsp3) is 0.545. The smallest absolute Gasteiger partial charge is 0.385 e. The molecule has 0 amide bonds. The number of alkyl halides is 3. The molecule has 1 aliphatic rings. The van der Waals surface area contributed by atoms with Crippen LogP contribution in [0.15, 0.2) is 24.3 Å². The average molecular weight is 422 g/mol. The Morgan fingerprint density at radius 3 is 2.60 bits per heavy atom. The van der Waals surface area contributed by atoms with Crippen LogP contribution in [0.1, 0.15) is 44.7 Å². The summed E-state index contributed by atoms with van der Waals surface area (Å²) in [4.78, 5) is 2.45. The summed E-state index contributed by atoms with van der Waals surface area (Å²) in [7, 11) is 0. The number of rotatable bonds is 6. The molecule has 5 nitrogen and oxygen atoms in total. The van der Waals surface area contributed by atoms with Crippen molar-refractivity contribution >= 4 is 11.5 Å². The van der Waals surface area contributed by atoms with Crippen LogP contribution in [0.2, 0.25) is 0 Å². The van der Waals surface area contributed by atoms with Gasteiger partial charge in [-0.3, -0.25) is 4.90 Å². The molecular formula is C22H30F3N5. The summed E-state index contributed by atoms with van der Waals surface area (Å²) in [5.41, 5.74) is 1.80. The molecule has 0 spiro atoms. The van der Waals surface area contributed by atoms with Crippen molar-refractivity contribution in [2.45, 2.75) is 58.8 Å². The minimum absolute atomic E-state index is 0.309. The zero-order valence-electron chi connectivity index (χ0n) is 18.0. The van der Waals surface area contributed by atoms with Crippen LogP contribution in [0.5, 0.6) is 0 Å². The van der Waals surface area contributed by atoms with Gasteiger partial charge in [0.15, 0.2) is 5.82 Å². The normalized spacial score (nSPS) is 17.9. The molecule has 3 rings (SSSR count). The molecule has 1 saturated heterocycles. The average Bonchev–Trinajstić information content (AvgIpc) is 2.69. The van der Waals surface area contributed by atoms with Crippen LogP contribution in [-0.4, -0.2) is 46.8 Å². The number of anilines is 2. The van der Waals surface area contributed by atoms with Gasteiger partial charge in [-0.05, 0) is 70.8 Å². The van der Waals surface area contributed by atoms with Gasteiger partial charge in [-0.25, -0.2) is 0 Å². The van der Waals surface area contributed by atoms with E-state index in [1.165, 1.54) is 6.07 Å². The van der Waals surface area contributed by atoms with Crippen LogP contribution >= 0.6 is 0 Å². The number of benzene rings is 1. The molecule has 1 aliphatic heterocycles. The van der Waals surface area contributed by atoms with Gasteiger partial charge in [0.1, 0.15) is 0 Å². The number of piperidine rings is 1. The van der Waals surface area contributed by atoms with Gasteiger partial charge in [0.25, 0.3) is 0 Å². The molecule has 0 saturated carbocycles. The lowest BCUT2D eigenvalue weighted by Gasteiger charge is -2.36. The monoisotopic (exact) mass is 421 g/mol. The van der Waals surface area contributed by atoms with Crippen LogP contribution in [0, 0.1) is 6.92 Å². The summed E-state index contributed by atoms with van der Waals surface area (Å²) in [5, 5.41) is 15.2. The van der Waals surface area contributed by atoms with E-state index in [9.17, 15) is 13.2 Å². The predicted octanol–water partition coefficient (Wildman–Crippen LogP) is 5.19. The van der Waals surface area contributed by atoms with Gasteiger partial charge < -0.3 is 10.6 Å². The molecule has 0 bridgehead atoms. The van der Waals surface area contributed by atoms with E-state index in [-0.39, 0.29) is 0 Å². The van der Waals surface area contributed by atoms with Crippen molar-refractivity contribution in [3.63, 3.8) is 0 Å². The minimum Gasteiger partial charge on any atom is -0.385 e. The van der Waals surface area contributed by atoms with E-state index in [1.54, 1.807) is 0 Å². The Morgan fingerprint density at radius 2 is 1.97 bits per heavy atom. The molecule has 1 aromatic heterocycles. The quantitative estimate of drug-likeness (QED) is 0.673. The van der Waals surface area contributed by atoms with Crippen molar-refractivity contribution in [1.29, 1.82) is 0 Å². The summed E-state index contributed by atoms with van der Waals surface area (Å²) in [6.45, 7) is 10.8. The van der Waals surface area contributed by atoms with Gasteiger partial charge in [0, 0.05) is 36.4 Å². The molecule has 1 fully saturated rings. The Hall–Kier alpha value is -2.35. The Bertz CT molecular complexity index is 866. The molecule has 2 heterocycles. The van der Waals surface area contributed by atoms with Crippen molar-refractivity contribution in [2.75, 3.05) is 30.3 Å². The van der Waals surface area contributed by atoms with Gasteiger partial charge in [-0.2, -0.15) is 13.2 Å². The van der Waals surface area contributed by atoms with Gasteiger partial charge in [-0.15, -0.1) is 10.2 Å². The Morgan fingerprint density at radius 1 is 1.20 bits per heavy atom. The van der Waals surface area contributed by atoms with Gasteiger partial charge in [0.05, 0.1) is 11.3 Å². The molecule has 2 aromatic rings. The molecule has 2 N–H and O–H groups in total. The number of hydrogen-bond acceptors (Lipinski definition) is 5. The van der Waals surface area contributed by atoms with Crippen molar-refractivity contribution in [2.24, 2.45) is 0 Å². The van der Waals surface area contributed by atoms with E-state index in [4.69, 9.17) is 0 Å². The molecule has 0 aliphatic carbocycles. The highest BCUT2D eigenvalue weighted by molar-refractivity contribution is 5.77. The third kappa shape index (κ3) is 5.22. The zero-order valence-corrected chi connectivity index (χ0v) is 18.0. The molecule has 8 heteroatoms. The van der Waals surface area contributed by atoms with E-state index in [0.29, 0.717) is 35.6 Å². The Labute approximate surface area is 176 Å². The number of halogens is 3. The summed E-state index contributed by atoms with van der Waals surface area (Å²) in [6.07, 6.45) is -2.17. The fourth-order valence-corrected chi connectivity index (χ4v) is 3.83. The Balaban J connectivity index is 1.83. The molecule has 164 valence electrons. The summed E-state index contributed by atoms with van der Waals surface area (Å²) in [6, 6.07) is 6.37. The Kier molecular flexibility index (Phi) is 6.85. The molecule has 0 unspecified atom stereocenters. The highest BCUT2D eigenvalue weighted by Crippen LogP contribution is 2.35. The minimum atomic E-state index is -4.39. The van der Waals surface area contributed by atoms with E-state index < -0.39 is 11.7 Å². The lowest BCUT2D eigenvalue weighted by Crippen LogP contribution is -2.45. The lowest BCUT2D eigenvalue weighted by molar-refractivity contribution is -0.137. The van der Waals surface area contributed by atoms with Crippen LogP contribution in [0.4, 0.5) is 24.7 Å². The second-order valence-electron chi connectivity index (χ2n) is 8.12. The number of likely N-dealkylation sites (tertiary alicyclic amines) is 1. The van der Waals surface area contributed by atoms with E-state index in [1.807, 2.05) is 19.9 Å². The molecular weight excluding hydrogens is 391 g/mol. The lowest BCUT2D eigenvalue weighted by atomic mass is 10.0. The fourth-order valence-electron chi connectivity index (χ4n) is 3.83. The summed E-state index contributed by atoms with van der Waals surface area (Å²) >= 11 is 0. The third-order valence-corrected chi connectivity index (χ3v) is 5.50. The number of aromatic nitrogens is 2. The van der Waals surface area contributed by atoms with E-state index >= 15 is 0 Å². The maximum absolute atomic E-state index is 13.1. The van der Waals surface area contributed by atoms with Crippen LogP contribution in [0.25, 0.3) is 11.3 Å². The predicted molar refractivity (Wildman–Crippen MR) is 115 cm³/mol. The summed E-state index contributed by atoms with van der Waals surface area (Å²) < 4.78 is 39.3. The molecule has 0 radical (unpaired) electrons. The van der Waals surface area contributed by atoms with Crippen LogP contribution in [-0.2, 0) is 6.18 Å². The number of hydrogen-bond donors (Lipinski definition) is 2. The third-order valence-electron chi connectivity index (χ3n) is 5.50. The summed E-state index contributed by atoms with van der Waals surface area (Å²) in [5.74, 6) is 0.728. The maximum Gasteiger partial charge on any atom is 0.416 e. The van der Waals surface area contributed by atoms with Gasteiger partial charge in [-0.1, -0.05) is 6.07 Å². The van der Waals surface area contributed by atoms with Gasteiger partial charge >= 0.3 is 6.18 Å². The van der Waals surface area contributed by atoms with Crippen molar-refractivity contribution < 1.29 is 13.2 Å². The SMILES string of the molecule is CCNc1cc(C(F)(F)F)ccc1-c1cc(C)c(N[C@@H]2CCCN(C(C)C)C2)nn1. The number of aryl methyl sites for hydroxylation is 1. The first-order valence-corrected chi connectivity index (χ1v) is 10.5. The molecule has 30 heavy (non-hydrogen) atoms. The topological polar surface area (TPSA) is 53.1 Å². The number of nitrogens with one attached hydrogen (secondary N) is 2. The van der Waals surface area contributed by atoms with E-state index in [2.05, 4.69) is 39.6 Å². The highest BCUT2D eigenvalue weighted by atomic mass is 19.4. The first-order chi connectivity index (χ1) is 14.2. The molecule has 1 aromatic carbocycles. The van der Waals surface area contributed by atoms with Crippen LogP contribution < -0.4 is 10.6 Å². The second kappa shape index (κ2) is 9.20. The maximum atomic E-state index is 13.1. The van der Waals surface area contributed by atoms with Gasteiger partial charge in [0.2, 0.25) is 0 Å². The first kappa shape index (κ1) is 22.3. The van der Waals surface area contributed by atoms with Crippen LogP contribution in [0.3, 0.4) is 0 Å². The van der Waals surface area contributed by atoms with Crippen molar-refractivity contribution in [3.05, 3.63) is 35.4 Å². The van der Waals surface area contributed by atoms with Crippen molar-refractivity contribution in [1.82, 2.24) is 15.1 Å².